The van der Waals surface area contributed by atoms with E-state index in [9.17, 15) is 9.90 Å². The molecule has 0 aliphatic heterocycles. The molecule has 1 atom stereocenters. The second-order valence-electron chi connectivity index (χ2n) is 3.84. The molecule has 0 amide bonds. The van der Waals surface area contributed by atoms with Gasteiger partial charge in [-0.3, -0.25) is 0 Å². The van der Waals surface area contributed by atoms with Crippen molar-refractivity contribution in [1.29, 1.82) is 0 Å². The van der Waals surface area contributed by atoms with Crippen molar-refractivity contribution < 1.29 is 9.90 Å². The monoisotopic (exact) mass is 214 g/mol. The molecule has 0 heterocycles. The van der Waals surface area contributed by atoms with E-state index in [0.29, 0.717) is 0 Å². The van der Waals surface area contributed by atoms with E-state index in [1.165, 1.54) is 5.57 Å². The van der Waals surface area contributed by atoms with Crippen LogP contribution in [0.1, 0.15) is 23.5 Å². The number of aliphatic hydroxyl groups is 1. The summed E-state index contributed by atoms with van der Waals surface area (Å²) in [5, 5.41) is 9.18. The number of hydrogen-bond donors (Lipinski definition) is 1. The van der Waals surface area contributed by atoms with Crippen molar-refractivity contribution in [3.63, 3.8) is 0 Å². The molecule has 2 heteroatoms. The molecule has 16 heavy (non-hydrogen) atoms. The van der Waals surface area contributed by atoms with Gasteiger partial charge in [0.1, 0.15) is 6.29 Å². The second-order valence-corrected chi connectivity index (χ2v) is 3.84. The Morgan fingerprint density at radius 2 is 2.19 bits per heavy atom. The van der Waals surface area contributed by atoms with E-state index >= 15 is 0 Å². The van der Waals surface area contributed by atoms with E-state index in [-0.39, 0.29) is 6.61 Å². The number of carbonyl (C=O) groups is 1. The van der Waals surface area contributed by atoms with Crippen molar-refractivity contribution >= 4 is 11.9 Å². The lowest BCUT2D eigenvalue weighted by molar-refractivity contribution is -0.109. The van der Waals surface area contributed by atoms with E-state index in [4.69, 9.17) is 0 Å². The first-order chi connectivity index (χ1) is 7.86. The van der Waals surface area contributed by atoms with Crippen LogP contribution in [0.15, 0.2) is 42.5 Å². The molecule has 0 saturated heterocycles. The Morgan fingerprint density at radius 3 is 2.81 bits per heavy atom. The zero-order chi connectivity index (χ0) is 11.4. The lowest BCUT2D eigenvalue weighted by Gasteiger charge is -2.14. The van der Waals surface area contributed by atoms with Gasteiger partial charge in [0, 0.05) is 0 Å². The second kappa shape index (κ2) is 4.90. The SMILES string of the molecule is O=CC(CO)c1ccccc1C1=CC=CC1. The number of aliphatic hydroxyl groups excluding tert-OH is 1. The number of carbonyl (C=O) groups excluding carboxylic acids is 1. The zero-order valence-corrected chi connectivity index (χ0v) is 8.97. The standard InChI is InChI=1S/C14H14O2/c15-9-12(10-16)14-8-4-3-7-13(14)11-5-1-2-6-11/h1-5,7-9,12,16H,6,10H2. The van der Waals surface area contributed by atoms with E-state index in [0.717, 1.165) is 23.8 Å². The summed E-state index contributed by atoms with van der Waals surface area (Å²) in [5.41, 5.74) is 3.18. The van der Waals surface area contributed by atoms with Crippen LogP contribution in [0.3, 0.4) is 0 Å². The van der Waals surface area contributed by atoms with E-state index in [2.05, 4.69) is 12.2 Å². The Morgan fingerprint density at radius 1 is 1.38 bits per heavy atom. The van der Waals surface area contributed by atoms with Crippen molar-refractivity contribution in [1.82, 2.24) is 0 Å². The molecule has 1 aromatic rings. The average Bonchev–Trinajstić information content (AvgIpc) is 2.85. The van der Waals surface area contributed by atoms with Gasteiger partial charge in [-0.25, -0.2) is 0 Å². The molecule has 1 aromatic carbocycles. The predicted molar refractivity (Wildman–Crippen MR) is 64.1 cm³/mol. The van der Waals surface area contributed by atoms with Crippen LogP contribution in [0.5, 0.6) is 0 Å². The third kappa shape index (κ3) is 1.97. The van der Waals surface area contributed by atoms with Crippen molar-refractivity contribution in [3.05, 3.63) is 53.6 Å². The fourth-order valence-corrected chi connectivity index (χ4v) is 1.97. The molecular formula is C14H14O2. The van der Waals surface area contributed by atoms with Crippen LogP contribution >= 0.6 is 0 Å². The molecule has 0 fully saturated rings. The highest BCUT2D eigenvalue weighted by molar-refractivity contribution is 5.76. The van der Waals surface area contributed by atoms with Crippen LogP contribution in [-0.4, -0.2) is 18.0 Å². The molecular weight excluding hydrogens is 200 g/mol. The van der Waals surface area contributed by atoms with Gasteiger partial charge in [-0.05, 0) is 23.1 Å². The Labute approximate surface area is 94.9 Å². The first-order valence-electron chi connectivity index (χ1n) is 5.38. The zero-order valence-electron chi connectivity index (χ0n) is 8.97. The van der Waals surface area contributed by atoms with E-state index in [1.54, 1.807) is 0 Å². The number of benzene rings is 1. The van der Waals surface area contributed by atoms with Gasteiger partial charge in [0.25, 0.3) is 0 Å². The smallest absolute Gasteiger partial charge is 0.129 e. The molecule has 0 aromatic heterocycles. The van der Waals surface area contributed by atoms with Crippen LogP contribution in [0.25, 0.3) is 5.57 Å². The van der Waals surface area contributed by atoms with E-state index < -0.39 is 5.92 Å². The Bertz CT molecular complexity index is 444. The first kappa shape index (κ1) is 10.8. The predicted octanol–water partition coefficient (Wildman–Crippen LogP) is 2.30. The summed E-state index contributed by atoms with van der Waals surface area (Å²) in [5.74, 6) is -0.419. The molecule has 1 N–H and O–H groups in total. The maximum Gasteiger partial charge on any atom is 0.129 e. The van der Waals surface area contributed by atoms with Crippen molar-refractivity contribution in [2.75, 3.05) is 6.61 Å². The van der Waals surface area contributed by atoms with Crippen LogP contribution in [0, 0.1) is 0 Å². The van der Waals surface area contributed by atoms with E-state index in [1.807, 2.05) is 30.3 Å². The van der Waals surface area contributed by atoms with Gasteiger partial charge in [-0.1, -0.05) is 42.5 Å². The minimum Gasteiger partial charge on any atom is -0.395 e. The van der Waals surface area contributed by atoms with Gasteiger partial charge in [0.15, 0.2) is 0 Å². The number of hydrogen-bond acceptors (Lipinski definition) is 2. The van der Waals surface area contributed by atoms with Crippen LogP contribution in [0.4, 0.5) is 0 Å². The molecule has 2 nitrogen and oxygen atoms in total. The summed E-state index contributed by atoms with van der Waals surface area (Å²) in [6, 6.07) is 7.76. The van der Waals surface area contributed by atoms with Gasteiger partial charge in [-0.2, -0.15) is 0 Å². The fourth-order valence-electron chi connectivity index (χ4n) is 1.97. The Balaban J connectivity index is 2.41. The first-order valence-corrected chi connectivity index (χ1v) is 5.38. The highest BCUT2D eigenvalue weighted by atomic mass is 16.3. The lowest BCUT2D eigenvalue weighted by Crippen LogP contribution is -2.08. The maximum absolute atomic E-state index is 10.9. The third-order valence-electron chi connectivity index (χ3n) is 2.84. The van der Waals surface area contributed by atoms with Crippen LogP contribution < -0.4 is 0 Å². The fraction of sp³-hybridized carbons (Fsp3) is 0.214. The molecule has 1 aliphatic carbocycles. The normalized spacial score (nSPS) is 15.9. The number of allylic oxidation sites excluding steroid dienone is 4. The molecule has 1 unspecified atom stereocenters. The molecule has 0 saturated carbocycles. The number of rotatable bonds is 4. The van der Waals surface area contributed by atoms with Gasteiger partial charge in [0.2, 0.25) is 0 Å². The molecule has 0 radical (unpaired) electrons. The average molecular weight is 214 g/mol. The van der Waals surface area contributed by atoms with Gasteiger partial charge in [-0.15, -0.1) is 0 Å². The minimum atomic E-state index is -0.419. The van der Waals surface area contributed by atoms with Gasteiger partial charge in [0.05, 0.1) is 12.5 Å². The van der Waals surface area contributed by atoms with Crippen molar-refractivity contribution in [2.45, 2.75) is 12.3 Å². The largest absolute Gasteiger partial charge is 0.395 e. The summed E-state index contributed by atoms with van der Waals surface area (Å²) >= 11 is 0. The summed E-state index contributed by atoms with van der Waals surface area (Å²) < 4.78 is 0. The topological polar surface area (TPSA) is 37.3 Å². The summed E-state index contributed by atoms with van der Waals surface area (Å²) in [6.07, 6.45) is 7.86. The van der Waals surface area contributed by atoms with Crippen LogP contribution in [-0.2, 0) is 4.79 Å². The summed E-state index contributed by atoms with van der Waals surface area (Å²) in [4.78, 5) is 10.9. The summed E-state index contributed by atoms with van der Waals surface area (Å²) in [6.45, 7) is -0.138. The number of aldehydes is 1. The van der Waals surface area contributed by atoms with Crippen LogP contribution in [0.2, 0.25) is 0 Å². The minimum absolute atomic E-state index is 0.138. The molecule has 0 spiro atoms. The summed E-state index contributed by atoms with van der Waals surface area (Å²) in [7, 11) is 0. The molecule has 2 rings (SSSR count). The highest BCUT2D eigenvalue weighted by Gasteiger charge is 2.15. The lowest BCUT2D eigenvalue weighted by atomic mass is 9.91. The molecule has 82 valence electrons. The van der Waals surface area contributed by atoms with Gasteiger partial charge < -0.3 is 9.90 Å². The Hall–Kier alpha value is -1.67. The quantitative estimate of drug-likeness (QED) is 0.781. The maximum atomic E-state index is 10.9. The highest BCUT2D eigenvalue weighted by Crippen LogP contribution is 2.29. The third-order valence-corrected chi connectivity index (χ3v) is 2.84. The van der Waals surface area contributed by atoms with Crippen molar-refractivity contribution in [3.8, 4) is 0 Å². The molecule has 1 aliphatic rings. The molecule has 0 bridgehead atoms. The Kier molecular flexibility index (Phi) is 3.32. The van der Waals surface area contributed by atoms with Gasteiger partial charge >= 0.3 is 0 Å². The van der Waals surface area contributed by atoms with Crippen molar-refractivity contribution in [2.24, 2.45) is 0 Å².